The Morgan fingerprint density at radius 3 is 1.59 bits per heavy atom. The van der Waals surface area contributed by atoms with Crippen LogP contribution in [0.15, 0.2) is 145 Å². The Hall–Kier alpha value is -8.47. The third-order valence-electron chi connectivity index (χ3n) is 11.4. The number of anilines is 8. The van der Waals surface area contributed by atoms with Gasteiger partial charge in [0.05, 0.1) is 38.9 Å². The van der Waals surface area contributed by atoms with Crippen molar-refractivity contribution in [3.05, 3.63) is 124 Å². The molecule has 7 aromatic rings. The number of aliphatic hydroxyl groups excluding tert-OH is 1. The standard InChI is InChI=1S/C53H55N15O8S4/c1-7-67(8-2)36-21-23-41(63-65-51-54-31-38(78-51)29-39(32(5)70)46(72)55-34-17-13-11-14-18-34)43(27-36)57-49-60-50(62-52(61-49)77-26-25-69)58-44-28-37(68(9-3)10-4)22-24-42(44)64-66-53-59-48(80(74,75)76)45(79-53)30-40(33(6)71)47(73)56-35-19-15-12-16-20-35/h11-24,27-31,69H,7-10,25-26H2,1-6H3,(H,55,72)(H,56,73)(H,74,75,76)(H2,57,58,60,61,62). The first-order valence-electron chi connectivity index (χ1n) is 24.8. The molecular formula is C53H55N15O8S4. The van der Waals surface area contributed by atoms with Crippen LogP contribution in [0.25, 0.3) is 12.2 Å². The van der Waals surface area contributed by atoms with Crippen molar-refractivity contribution >= 4 is 148 Å². The molecule has 2 amide bonds. The maximum absolute atomic E-state index is 13.2. The molecule has 3 aromatic heterocycles. The minimum Gasteiger partial charge on any atom is -0.396 e. The number of aromatic nitrogens is 5. The minimum absolute atomic E-state index is 0.0470. The van der Waals surface area contributed by atoms with Crippen molar-refractivity contribution in [2.75, 3.05) is 69.6 Å². The number of ketones is 2. The summed E-state index contributed by atoms with van der Waals surface area (Å²) in [6.45, 7) is 13.0. The molecule has 0 unspecified atom stereocenters. The van der Waals surface area contributed by atoms with Crippen LogP contribution < -0.4 is 31.1 Å². The Labute approximate surface area is 473 Å². The number of benzene rings is 4. The van der Waals surface area contributed by atoms with Gasteiger partial charge in [-0.1, -0.05) is 70.8 Å². The molecule has 0 saturated heterocycles. The molecular weight excluding hydrogens is 1100 g/mol. The molecule has 23 nitrogen and oxygen atoms in total. The minimum atomic E-state index is -5.00. The fourth-order valence-electron chi connectivity index (χ4n) is 7.48. The molecule has 0 aliphatic heterocycles. The first-order valence-corrected chi connectivity index (χ1v) is 28.8. The fraction of sp³-hybridized carbons (Fsp3) is 0.226. The molecule has 0 spiro atoms. The average Bonchev–Trinajstić information content (AvgIpc) is 4.08. The van der Waals surface area contributed by atoms with E-state index >= 15 is 0 Å². The van der Waals surface area contributed by atoms with Gasteiger partial charge in [0.25, 0.3) is 11.8 Å². The molecule has 0 aliphatic carbocycles. The lowest BCUT2D eigenvalue weighted by Gasteiger charge is -2.22. The van der Waals surface area contributed by atoms with E-state index in [0.717, 1.165) is 35.7 Å². The first kappa shape index (κ1) is 59.2. The molecule has 414 valence electrons. The van der Waals surface area contributed by atoms with E-state index in [9.17, 15) is 37.3 Å². The van der Waals surface area contributed by atoms with Gasteiger partial charge in [-0.2, -0.15) is 23.4 Å². The molecule has 0 saturated carbocycles. The number of carbonyl (C=O) groups is 4. The number of Topliss-reactive ketones (excluding diaryl/α,β-unsaturated/α-hetero) is 2. The van der Waals surface area contributed by atoms with Crippen LogP contribution in [0.1, 0.15) is 51.3 Å². The topological polar surface area (TPSA) is 311 Å². The quantitative estimate of drug-likeness (QED) is 0.00733. The van der Waals surface area contributed by atoms with Crippen molar-refractivity contribution in [2.24, 2.45) is 20.5 Å². The maximum atomic E-state index is 13.2. The smallest absolute Gasteiger partial charge is 0.313 e. The van der Waals surface area contributed by atoms with Crippen LogP contribution in [0.4, 0.5) is 67.7 Å². The van der Waals surface area contributed by atoms with Crippen molar-refractivity contribution in [1.29, 1.82) is 0 Å². The molecule has 0 bridgehead atoms. The number of aliphatic hydroxyl groups is 1. The zero-order valence-corrected chi connectivity index (χ0v) is 47.4. The van der Waals surface area contributed by atoms with E-state index < -0.39 is 44.1 Å². The Kier molecular flexibility index (Phi) is 20.7. The Morgan fingerprint density at radius 1 is 0.637 bits per heavy atom. The van der Waals surface area contributed by atoms with Crippen LogP contribution >= 0.6 is 34.4 Å². The van der Waals surface area contributed by atoms with E-state index in [2.05, 4.69) is 71.5 Å². The number of hydrogen-bond donors (Lipinski definition) is 6. The van der Waals surface area contributed by atoms with Crippen LogP contribution in [0.2, 0.25) is 0 Å². The second-order valence-corrected chi connectivity index (χ2v) is 21.2. The summed E-state index contributed by atoms with van der Waals surface area (Å²) in [4.78, 5) is 78.6. The van der Waals surface area contributed by atoms with E-state index in [1.807, 2.05) is 52.0 Å². The van der Waals surface area contributed by atoms with Gasteiger partial charge in [0, 0.05) is 60.9 Å². The maximum Gasteiger partial charge on any atom is 0.313 e. The van der Waals surface area contributed by atoms with Gasteiger partial charge < -0.3 is 36.2 Å². The molecule has 27 heteroatoms. The number of carbonyl (C=O) groups excluding carboxylic acids is 4. The lowest BCUT2D eigenvalue weighted by Crippen LogP contribution is -2.21. The SMILES string of the molecule is CCN(CC)c1ccc(N=Nc2ncc(C=C(C(C)=O)C(=O)Nc3ccccc3)s2)c(Nc2nc(Nc3cc(N(CC)CC)ccc3N=Nc3nc(S(=O)(=O)O)c(C=C(C(C)=O)C(=O)Nc4ccccc4)s3)nc(SCCO)n2)c1. The number of nitrogens with zero attached hydrogens (tertiary/aromatic N) is 11. The highest BCUT2D eigenvalue weighted by atomic mass is 32.2. The van der Waals surface area contributed by atoms with Gasteiger partial charge in [-0.3, -0.25) is 23.7 Å². The zero-order chi connectivity index (χ0) is 57.3. The van der Waals surface area contributed by atoms with Crippen molar-refractivity contribution in [2.45, 2.75) is 51.7 Å². The van der Waals surface area contributed by atoms with Crippen LogP contribution in [0.5, 0.6) is 0 Å². The summed E-state index contributed by atoms with van der Waals surface area (Å²) >= 11 is 2.96. The summed E-state index contributed by atoms with van der Waals surface area (Å²) in [7, 11) is -5.00. The number of rotatable bonds is 26. The van der Waals surface area contributed by atoms with Crippen molar-refractivity contribution in [3.8, 4) is 0 Å². The molecule has 4 aromatic carbocycles. The predicted octanol–water partition coefficient (Wildman–Crippen LogP) is 11.3. The van der Waals surface area contributed by atoms with Gasteiger partial charge in [-0.25, -0.2) is 9.97 Å². The number of thiazole rings is 2. The van der Waals surface area contributed by atoms with Crippen molar-refractivity contribution in [3.63, 3.8) is 0 Å². The van der Waals surface area contributed by atoms with Crippen LogP contribution in [0, 0.1) is 0 Å². The number of hydrogen-bond acceptors (Lipinski definition) is 23. The van der Waals surface area contributed by atoms with Crippen LogP contribution in [0.3, 0.4) is 0 Å². The lowest BCUT2D eigenvalue weighted by molar-refractivity contribution is -0.120. The lowest BCUT2D eigenvalue weighted by atomic mass is 10.1. The van der Waals surface area contributed by atoms with Gasteiger partial charge in [0.15, 0.2) is 16.7 Å². The van der Waals surface area contributed by atoms with E-state index in [1.54, 1.807) is 72.8 Å². The summed E-state index contributed by atoms with van der Waals surface area (Å²) < 4.78 is 35.4. The van der Waals surface area contributed by atoms with E-state index in [0.29, 0.717) is 70.8 Å². The van der Waals surface area contributed by atoms with Crippen LogP contribution in [-0.4, -0.2) is 105 Å². The number of azo groups is 2. The van der Waals surface area contributed by atoms with E-state index in [1.165, 1.54) is 31.0 Å². The highest BCUT2D eigenvalue weighted by Crippen LogP contribution is 2.38. The Balaban J connectivity index is 1.23. The summed E-state index contributed by atoms with van der Waals surface area (Å²) in [6, 6.07) is 28.0. The van der Waals surface area contributed by atoms with Crippen LogP contribution in [-0.2, 0) is 29.3 Å². The third kappa shape index (κ3) is 16.1. The summed E-state index contributed by atoms with van der Waals surface area (Å²) in [5, 5.41) is 38.8. The van der Waals surface area contributed by atoms with Crippen molar-refractivity contribution in [1.82, 2.24) is 24.9 Å². The number of thioether (sulfide) groups is 1. The molecule has 80 heavy (non-hydrogen) atoms. The largest absolute Gasteiger partial charge is 0.396 e. The fourth-order valence-corrected chi connectivity index (χ4v) is 10.5. The normalized spacial score (nSPS) is 11.9. The predicted molar refractivity (Wildman–Crippen MR) is 314 cm³/mol. The number of amides is 2. The van der Waals surface area contributed by atoms with Crippen molar-refractivity contribution < 1.29 is 37.3 Å². The van der Waals surface area contributed by atoms with E-state index in [4.69, 9.17) is 4.98 Å². The highest BCUT2D eigenvalue weighted by Gasteiger charge is 2.25. The summed E-state index contributed by atoms with van der Waals surface area (Å²) in [5.41, 5.74) is 3.50. The number of para-hydroxylation sites is 2. The molecule has 0 aliphatic rings. The molecule has 3 heterocycles. The molecule has 6 N–H and O–H groups in total. The number of nitrogens with one attached hydrogen (secondary N) is 4. The van der Waals surface area contributed by atoms with Gasteiger partial charge >= 0.3 is 10.1 Å². The second kappa shape index (κ2) is 27.9. The molecule has 0 radical (unpaired) electrons. The first-order chi connectivity index (χ1) is 38.5. The molecule has 7 rings (SSSR count). The highest BCUT2D eigenvalue weighted by molar-refractivity contribution is 7.99. The second-order valence-electron chi connectivity index (χ2n) is 16.8. The summed E-state index contributed by atoms with van der Waals surface area (Å²) in [5.74, 6) is -2.12. The third-order valence-corrected chi connectivity index (χ3v) is 14.8. The Morgan fingerprint density at radius 2 is 1.12 bits per heavy atom. The van der Waals surface area contributed by atoms with Gasteiger partial charge in [0.1, 0.15) is 11.4 Å². The zero-order valence-electron chi connectivity index (χ0n) is 44.1. The van der Waals surface area contributed by atoms with Gasteiger partial charge in [-0.15, -0.1) is 20.5 Å². The molecule has 0 fully saturated rings. The average molecular weight is 1160 g/mol. The molecule has 0 atom stereocenters. The van der Waals surface area contributed by atoms with Gasteiger partial charge in [0.2, 0.25) is 27.2 Å². The Bertz CT molecular complexity index is 3600. The van der Waals surface area contributed by atoms with E-state index in [-0.39, 0.29) is 55.8 Å². The monoisotopic (exact) mass is 1160 g/mol. The summed E-state index contributed by atoms with van der Waals surface area (Å²) in [6.07, 6.45) is 3.97. The van der Waals surface area contributed by atoms with Gasteiger partial charge in [-0.05, 0) is 114 Å².